The normalized spacial score (nSPS) is 26.2. The van der Waals surface area contributed by atoms with Crippen molar-refractivity contribution in [3.8, 4) is 0 Å². The Balaban J connectivity index is 2.46. The fourth-order valence-electron chi connectivity index (χ4n) is 3.68. The van der Waals surface area contributed by atoms with Gasteiger partial charge in [-0.15, -0.1) is 0 Å². The maximum Gasteiger partial charge on any atom is 0.139 e. The molecule has 4 nitrogen and oxygen atoms in total. The summed E-state index contributed by atoms with van der Waals surface area (Å²) >= 11 is 0. The minimum atomic E-state index is -0.714. The van der Waals surface area contributed by atoms with Crippen LogP contribution in [0.2, 0.25) is 0 Å². The van der Waals surface area contributed by atoms with E-state index in [-0.39, 0.29) is 24.0 Å². The predicted octanol–water partition coefficient (Wildman–Crippen LogP) is 3.98. The molecule has 1 aliphatic rings. The van der Waals surface area contributed by atoms with Crippen molar-refractivity contribution in [1.82, 2.24) is 0 Å². The molecule has 1 saturated carbocycles. The molecule has 4 atom stereocenters. The Kier molecular flexibility index (Phi) is 10.2. The highest BCUT2D eigenvalue weighted by molar-refractivity contribution is 5.84. The van der Waals surface area contributed by atoms with E-state index in [0.717, 1.165) is 57.7 Å². The highest BCUT2D eigenvalue weighted by Gasteiger charge is 2.39. The van der Waals surface area contributed by atoms with Crippen LogP contribution < -0.4 is 0 Å². The molecule has 0 spiro atoms. The lowest BCUT2D eigenvalue weighted by Gasteiger charge is -2.22. The lowest BCUT2D eigenvalue weighted by Crippen LogP contribution is -2.23. The van der Waals surface area contributed by atoms with Gasteiger partial charge in [0, 0.05) is 24.7 Å². The third-order valence-electron chi connectivity index (χ3n) is 5.30. The second-order valence-corrected chi connectivity index (χ2v) is 7.81. The van der Waals surface area contributed by atoms with Gasteiger partial charge in [-0.05, 0) is 32.6 Å². The van der Waals surface area contributed by atoms with Crippen molar-refractivity contribution in [2.75, 3.05) is 0 Å². The Labute approximate surface area is 152 Å². The molecule has 0 aromatic rings. The first-order valence-electron chi connectivity index (χ1n) is 9.94. The third-order valence-corrected chi connectivity index (χ3v) is 5.30. The van der Waals surface area contributed by atoms with E-state index in [0.29, 0.717) is 12.8 Å². The van der Waals surface area contributed by atoms with Crippen molar-refractivity contribution in [3.63, 3.8) is 0 Å². The zero-order chi connectivity index (χ0) is 18.7. The van der Waals surface area contributed by atoms with Crippen molar-refractivity contribution < 1.29 is 19.8 Å². The van der Waals surface area contributed by atoms with Crippen LogP contribution in [0.4, 0.5) is 0 Å². The van der Waals surface area contributed by atoms with Crippen molar-refractivity contribution >= 4 is 12.1 Å². The number of hydrogen-bond donors (Lipinski definition) is 2. The molecule has 0 saturated heterocycles. The Morgan fingerprint density at radius 3 is 2.60 bits per heavy atom. The fraction of sp³-hybridized carbons (Fsp3) is 0.810. The van der Waals surface area contributed by atoms with Crippen LogP contribution in [0.15, 0.2) is 12.2 Å². The standard InChI is InChI=1S/C21H36O4/c1-3-4-13-21(2,25)14-10-12-18-17(19(23)16-20(18)24)11-8-6-5-7-9-15-22/h10,12,15,17-18,20,24-25H,3-9,11,13-14,16H2,1-2H3/b12-10+/t17-,18-,20?,21?/m1/s1. The molecule has 0 amide bonds. The highest BCUT2D eigenvalue weighted by atomic mass is 16.3. The van der Waals surface area contributed by atoms with Gasteiger partial charge in [-0.2, -0.15) is 0 Å². The molecule has 0 aromatic carbocycles. The number of aliphatic hydroxyl groups excluding tert-OH is 1. The number of aldehydes is 1. The van der Waals surface area contributed by atoms with Crippen LogP contribution in [0.3, 0.4) is 0 Å². The molecule has 2 N–H and O–H groups in total. The van der Waals surface area contributed by atoms with Crippen LogP contribution in [-0.4, -0.2) is 34.0 Å². The average molecular weight is 353 g/mol. The van der Waals surface area contributed by atoms with Crippen LogP contribution in [0.5, 0.6) is 0 Å². The van der Waals surface area contributed by atoms with Gasteiger partial charge in [-0.25, -0.2) is 0 Å². The Morgan fingerprint density at radius 2 is 1.92 bits per heavy atom. The molecule has 2 unspecified atom stereocenters. The zero-order valence-corrected chi connectivity index (χ0v) is 16.0. The molecule has 0 bridgehead atoms. The lowest BCUT2D eigenvalue weighted by atomic mass is 9.87. The van der Waals surface area contributed by atoms with Gasteiger partial charge in [-0.3, -0.25) is 4.79 Å². The smallest absolute Gasteiger partial charge is 0.139 e. The van der Waals surface area contributed by atoms with E-state index in [4.69, 9.17) is 0 Å². The second-order valence-electron chi connectivity index (χ2n) is 7.81. The second kappa shape index (κ2) is 11.6. The molecular formula is C21H36O4. The van der Waals surface area contributed by atoms with Gasteiger partial charge >= 0.3 is 0 Å². The summed E-state index contributed by atoms with van der Waals surface area (Å²) in [5, 5.41) is 20.5. The van der Waals surface area contributed by atoms with Gasteiger partial charge < -0.3 is 15.0 Å². The van der Waals surface area contributed by atoms with E-state index in [1.807, 2.05) is 19.1 Å². The maximum absolute atomic E-state index is 12.2. The van der Waals surface area contributed by atoms with Gasteiger partial charge in [0.25, 0.3) is 0 Å². The molecule has 1 aliphatic carbocycles. The van der Waals surface area contributed by atoms with Crippen molar-refractivity contribution in [1.29, 1.82) is 0 Å². The first-order valence-corrected chi connectivity index (χ1v) is 9.94. The van der Waals surface area contributed by atoms with Crippen molar-refractivity contribution in [2.24, 2.45) is 11.8 Å². The Hall–Kier alpha value is -1.00. The topological polar surface area (TPSA) is 74.6 Å². The van der Waals surface area contributed by atoms with Crippen LogP contribution in [0, 0.1) is 11.8 Å². The van der Waals surface area contributed by atoms with E-state index in [2.05, 4.69) is 6.92 Å². The van der Waals surface area contributed by atoms with Crippen molar-refractivity contribution in [3.05, 3.63) is 12.2 Å². The number of hydrogen-bond acceptors (Lipinski definition) is 4. The van der Waals surface area contributed by atoms with E-state index in [9.17, 15) is 19.8 Å². The fourth-order valence-corrected chi connectivity index (χ4v) is 3.68. The van der Waals surface area contributed by atoms with E-state index < -0.39 is 11.7 Å². The summed E-state index contributed by atoms with van der Waals surface area (Å²) in [5.41, 5.74) is -0.714. The quantitative estimate of drug-likeness (QED) is 0.299. The Morgan fingerprint density at radius 1 is 1.20 bits per heavy atom. The summed E-state index contributed by atoms with van der Waals surface area (Å²) in [5.74, 6) is -0.0600. The van der Waals surface area contributed by atoms with Crippen LogP contribution in [0.1, 0.15) is 84.5 Å². The van der Waals surface area contributed by atoms with Crippen molar-refractivity contribution in [2.45, 2.75) is 96.2 Å². The molecule has 1 rings (SSSR count). The molecule has 144 valence electrons. The number of Topliss-reactive ketones (excluding diaryl/α,β-unsaturated/α-hetero) is 1. The van der Waals surface area contributed by atoms with Crippen LogP contribution in [0.25, 0.3) is 0 Å². The summed E-state index contributed by atoms with van der Waals surface area (Å²) < 4.78 is 0. The number of aliphatic hydroxyl groups is 2. The molecule has 0 radical (unpaired) electrons. The van der Waals surface area contributed by atoms with Crippen LogP contribution in [-0.2, 0) is 9.59 Å². The minimum Gasteiger partial charge on any atom is -0.392 e. The Bertz CT molecular complexity index is 428. The first-order chi connectivity index (χ1) is 11.9. The number of carbonyl (C=O) groups is 2. The summed E-state index contributed by atoms with van der Waals surface area (Å²) in [6, 6.07) is 0. The van der Waals surface area contributed by atoms with E-state index in [1.54, 1.807) is 0 Å². The predicted molar refractivity (Wildman–Crippen MR) is 100 cm³/mol. The van der Waals surface area contributed by atoms with E-state index in [1.165, 1.54) is 0 Å². The molecule has 0 aliphatic heterocycles. The summed E-state index contributed by atoms with van der Waals surface area (Å²) in [4.78, 5) is 22.5. The molecule has 0 heterocycles. The molecule has 25 heavy (non-hydrogen) atoms. The number of carbonyl (C=O) groups excluding carboxylic acids is 2. The van der Waals surface area contributed by atoms with Gasteiger partial charge in [-0.1, -0.05) is 51.2 Å². The SMILES string of the molecule is CCCCC(C)(O)C/C=C/[C@H]1C(O)CC(=O)[C@@H]1CCCCCCC=O. The average Bonchev–Trinajstić information content (AvgIpc) is 2.82. The summed E-state index contributed by atoms with van der Waals surface area (Å²) in [6.07, 6.45) is 13.2. The van der Waals surface area contributed by atoms with Gasteiger partial charge in [0.05, 0.1) is 11.7 Å². The van der Waals surface area contributed by atoms with Gasteiger partial charge in [0.2, 0.25) is 0 Å². The monoisotopic (exact) mass is 352 g/mol. The third kappa shape index (κ3) is 8.28. The summed E-state index contributed by atoms with van der Waals surface area (Å²) in [7, 11) is 0. The minimum absolute atomic E-state index is 0.0992. The van der Waals surface area contributed by atoms with Crippen LogP contribution >= 0.6 is 0 Å². The lowest BCUT2D eigenvalue weighted by molar-refractivity contribution is -0.121. The molecular weight excluding hydrogens is 316 g/mol. The van der Waals surface area contributed by atoms with E-state index >= 15 is 0 Å². The number of ketones is 1. The number of rotatable bonds is 13. The highest BCUT2D eigenvalue weighted by Crippen LogP contribution is 2.34. The van der Waals surface area contributed by atoms with Gasteiger partial charge in [0.1, 0.15) is 12.1 Å². The molecule has 0 aromatic heterocycles. The summed E-state index contributed by atoms with van der Waals surface area (Å²) in [6.45, 7) is 3.95. The largest absolute Gasteiger partial charge is 0.392 e. The first kappa shape index (κ1) is 22.0. The van der Waals surface area contributed by atoms with Gasteiger partial charge in [0.15, 0.2) is 0 Å². The molecule has 1 fully saturated rings. The zero-order valence-electron chi connectivity index (χ0n) is 16.0. The molecule has 4 heteroatoms. The maximum atomic E-state index is 12.2. The number of unbranched alkanes of at least 4 members (excludes halogenated alkanes) is 5.